The number of carboxylic acid groups (broad SMARTS) is 1. The summed E-state index contributed by atoms with van der Waals surface area (Å²) in [4.78, 5) is 37.4. The number of imide groups is 1. The Balaban J connectivity index is 0.000000173. The first-order valence-corrected chi connectivity index (χ1v) is 12.7. The van der Waals surface area contributed by atoms with Gasteiger partial charge in [-0.3, -0.25) is 14.5 Å². The minimum absolute atomic E-state index is 0. The zero-order valence-corrected chi connectivity index (χ0v) is 21.5. The van der Waals surface area contributed by atoms with E-state index in [0.29, 0.717) is 6.54 Å². The summed E-state index contributed by atoms with van der Waals surface area (Å²) in [5, 5.41) is 12.6. The van der Waals surface area contributed by atoms with Crippen LogP contribution in [0.1, 0.15) is 53.5 Å². The fourth-order valence-electron chi connectivity index (χ4n) is 5.63. The van der Waals surface area contributed by atoms with Crippen molar-refractivity contribution in [2.75, 3.05) is 13.2 Å². The van der Waals surface area contributed by atoms with Gasteiger partial charge in [-0.15, -0.1) is 0 Å². The van der Waals surface area contributed by atoms with Crippen LogP contribution in [0.5, 0.6) is 0 Å². The van der Waals surface area contributed by atoms with Gasteiger partial charge in [-0.2, -0.15) is 0 Å². The Hall–Kier alpha value is -2.41. The van der Waals surface area contributed by atoms with Crippen LogP contribution >= 0.6 is 0 Å². The van der Waals surface area contributed by atoms with Crippen molar-refractivity contribution in [2.24, 2.45) is 5.92 Å². The molecule has 5 aliphatic rings. The molecule has 0 spiro atoms. The van der Waals surface area contributed by atoms with Gasteiger partial charge in [0, 0.05) is 0 Å². The topological polar surface area (TPSA) is 133 Å². The van der Waals surface area contributed by atoms with Crippen molar-refractivity contribution < 1.29 is 43.2 Å². The molecule has 0 saturated carbocycles. The molecule has 2 N–H and O–H groups in total. The summed E-state index contributed by atoms with van der Waals surface area (Å²) in [6.45, 7) is 8.32. The van der Waals surface area contributed by atoms with Crippen molar-refractivity contribution in [3.05, 3.63) is 35.9 Å². The third-order valence-corrected chi connectivity index (χ3v) is 7.24. The number of hydrogen-bond acceptors (Lipinski definition) is 9. The van der Waals surface area contributed by atoms with Crippen molar-refractivity contribution in [3.63, 3.8) is 0 Å². The molecular weight excluding hydrogens is 496 g/mol. The van der Waals surface area contributed by atoms with Crippen molar-refractivity contribution in [3.8, 4) is 0 Å². The molecule has 6 rings (SSSR count). The lowest BCUT2D eigenvalue weighted by atomic mass is 9.93. The SMILES string of the molecule is C.CC1(C)OC[C@@H]2O[C@@]3(C(=O)O)OC(C)(C)O[C@H]3[C@@H]2O1.O=C1[C@H]2CCCN[C@H]2C(=O)N1Cc1ccccc1. The van der Waals surface area contributed by atoms with Crippen molar-refractivity contribution >= 4 is 17.8 Å². The van der Waals surface area contributed by atoms with E-state index >= 15 is 0 Å². The second kappa shape index (κ2) is 10.3. The molecule has 0 aliphatic carbocycles. The fourth-order valence-corrected chi connectivity index (χ4v) is 5.63. The van der Waals surface area contributed by atoms with Gasteiger partial charge in [0.25, 0.3) is 0 Å². The van der Waals surface area contributed by atoms with Gasteiger partial charge in [-0.05, 0) is 52.6 Å². The predicted octanol–water partition coefficient (Wildman–Crippen LogP) is 2.03. The lowest BCUT2D eigenvalue weighted by Crippen LogP contribution is -2.52. The third-order valence-electron chi connectivity index (χ3n) is 7.24. The summed E-state index contributed by atoms with van der Waals surface area (Å²) in [5.74, 6) is -5.07. The Labute approximate surface area is 222 Å². The van der Waals surface area contributed by atoms with Gasteiger partial charge >= 0.3 is 11.8 Å². The Morgan fingerprint density at radius 1 is 1.05 bits per heavy atom. The van der Waals surface area contributed by atoms with E-state index in [9.17, 15) is 19.5 Å². The van der Waals surface area contributed by atoms with E-state index in [1.54, 1.807) is 27.7 Å². The average molecular weight is 535 g/mol. The van der Waals surface area contributed by atoms with Crippen LogP contribution in [-0.4, -0.2) is 82.7 Å². The molecule has 5 aliphatic heterocycles. The summed E-state index contributed by atoms with van der Waals surface area (Å²) in [6.07, 6.45) is -0.0487. The van der Waals surface area contributed by atoms with Gasteiger partial charge in [0.2, 0.25) is 11.8 Å². The lowest BCUT2D eigenvalue weighted by Gasteiger charge is -2.38. The standard InChI is InChI=1S/C14H16N2O2.C12H18O7.CH4/c17-13-11-7-4-8-15-12(11)14(18)16(13)9-10-5-2-1-3-6-10;1-10(2)15-5-6-7(17-10)8-12(16-6,9(13)14)19-11(3,4)18-8;/h1-3,5-6,11-12,15H,4,7-9H2;6-8H,5H2,1-4H3,(H,13,14);1H4/t11-,12+;6-,7+,8-,12+;/m00./s1. The predicted molar refractivity (Wildman–Crippen MR) is 133 cm³/mol. The Morgan fingerprint density at radius 3 is 2.42 bits per heavy atom. The summed E-state index contributed by atoms with van der Waals surface area (Å²) in [7, 11) is 0. The molecule has 5 fully saturated rings. The zero-order valence-electron chi connectivity index (χ0n) is 21.5. The molecule has 2 amide bonds. The molecule has 0 bridgehead atoms. The second-order valence-corrected chi connectivity index (χ2v) is 10.9. The summed E-state index contributed by atoms with van der Waals surface area (Å²) >= 11 is 0. The zero-order chi connectivity index (χ0) is 26.6. The number of carbonyl (C=O) groups is 3. The van der Waals surface area contributed by atoms with Gasteiger partial charge in [0.15, 0.2) is 17.7 Å². The van der Waals surface area contributed by atoms with E-state index < -0.39 is 41.6 Å². The summed E-state index contributed by atoms with van der Waals surface area (Å²) < 4.78 is 28.0. The van der Waals surface area contributed by atoms with Crippen LogP contribution in [-0.2, 0) is 44.6 Å². The van der Waals surface area contributed by atoms with Gasteiger partial charge < -0.3 is 34.1 Å². The van der Waals surface area contributed by atoms with Gasteiger partial charge in [-0.25, -0.2) is 4.79 Å². The number of fused-ring (bicyclic) bond motifs is 4. The summed E-state index contributed by atoms with van der Waals surface area (Å²) in [6, 6.07) is 9.37. The minimum atomic E-state index is -1.82. The monoisotopic (exact) mass is 534 g/mol. The number of nitrogens with one attached hydrogen (secondary N) is 1. The number of nitrogens with zero attached hydrogens (tertiary/aromatic N) is 1. The molecule has 6 atom stereocenters. The lowest BCUT2D eigenvalue weighted by molar-refractivity contribution is -0.325. The van der Waals surface area contributed by atoms with E-state index in [0.717, 1.165) is 24.9 Å². The number of piperidine rings is 1. The molecule has 5 saturated heterocycles. The molecule has 1 aromatic carbocycles. The van der Waals surface area contributed by atoms with Crippen molar-refractivity contribution in [2.45, 2.75) is 96.2 Å². The maximum Gasteiger partial charge on any atom is 0.367 e. The maximum atomic E-state index is 12.2. The highest BCUT2D eigenvalue weighted by molar-refractivity contribution is 6.07. The van der Waals surface area contributed by atoms with Gasteiger partial charge in [0.1, 0.15) is 12.2 Å². The van der Waals surface area contributed by atoms with E-state index in [1.807, 2.05) is 30.3 Å². The Morgan fingerprint density at radius 2 is 1.76 bits per heavy atom. The van der Waals surface area contributed by atoms with Gasteiger partial charge in [0.05, 0.1) is 25.1 Å². The van der Waals surface area contributed by atoms with Crippen LogP contribution in [0.15, 0.2) is 30.3 Å². The van der Waals surface area contributed by atoms with E-state index in [2.05, 4.69) is 5.32 Å². The quantitative estimate of drug-likeness (QED) is 0.555. The van der Waals surface area contributed by atoms with Crippen LogP contribution in [0.4, 0.5) is 0 Å². The average Bonchev–Trinajstić information content (AvgIpc) is 3.39. The number of likely N-dealkylation sites (tertiary alicyclic amines) is 1. The van der Waals surface area contributed by atoms with E-state index in [1.165, 1.54) is 4.90 Å². The molecule has 210 valence electrons. The second-order valence-electron chi connectivity index (χ2n) is 10.9. The number of ether oxygens (including phenoxy) is 5. The molecule has 5 heterocycles. The molecule has 11 nitrogen and oxygen atoms in total. The number of benzene rings is 1. The molecule has 0 radical (unpaired) electrons. The molecule has 38 heavy (non-hydrogen) atoms. The molecule has 0 aromatic heterocycles. The molecular formula is C27H38N2O9. The number of aliphatic carboxylic acids is 1. The Bertz CT molecular complexity index is 1040. The van der Waals surface area contributed by atoms with E-state index in [4.69, 9.17) is 23.7 Å². The number of rotatable bonds is 3. The minimum Gasteiger partial charge on any atom is -0.477 e. The maximum absolute atomic E-state index is 12.2. The largest absolute Gasteiger partial charge is 0.477 e. The first-order chi connectivity index (χ1) is 17.4. The number of amides is 2. The smallest absolute Gasteiger partial charge is 0.367 e. The normalized spacial score (nSPS) is 36.3. The van der Waals surface area contributed by atoms with Crippen LogP contribution in [0, 0.1) is 5.92 Å². The highest BCUT2D eigenvalue weighted by Crippen LogP contribution is 2.49. The van der Waals surface area contributed by atoms with Crippen LogP contribution in [0.3, 0.4) is 0 Å². The van der Waals surface area contributed by atoms with Crippen molar-refractivity contribution in [1.82, 2.24) is 10.2 Å². The number of hydrogen-bond donors (Lipinski definition) is 2. The van der Waals surface area contributed by atoms with Gasteiger partial charge in [-0.1, -0.05) is 37.8 Å². The number of carbonyl (C=O) groups excluding carboxylic acids is 2. The Kier molecular flexibility index (Phi) is 7.74. The summed E-state index contributed by atoms with van der Waals surface area (Å²) in [5.41, 5.74) is 0.998. The molecule has 0 unspecified atom stereocenters. The fraction of sp³-hybridized carbons (Fsp3) is 0.667. The third kappa shape index (κ3) is 5.11. The highest BCUT2D eigenvalue weighted by atomic mass is 16.9. The first-order valence-electron chi connectivity index (χ1n) is 12.7. The molecule has 11 heteroatoms. The van der Waals surface area contributed by atoms with Crippen molar-refractivity contribution in [1.29, 1.82) is 0 Å². The highest BCUT2D eigenvalue weighted by Gasteiger charge is 2.71. The number of carboxylic acids is 1. The van der Waals surface area contributed by atoms with Crippen LogP contribution < -0.4 is 5.32 Å². The molecule has 1 aromatic rings. The van der Waals surface area contributed by atoms with Crippen LogP contribution in [0.2, 0.25) is 0 Å². The van der Waals surface area contributed by atoms with Crippen LogP contribution in [0.25, 0.3) is 0 Å². The van der Waals surface area contributed by atoms with E-state index in [-0.39, 0.29) is 37.8 Å². The first kappa shape index (κ1) is 28.6.